The summed E-state index contributed by atoms with van der Waals surface area (Å²) in [6.45, 7) is 5.01. The molecule has 18 nitrogen and oxygen atoms in total. The van der Waals surface area contributed by atoms with E-state index in [4.69, 9.17) is 14.2 Å². The van der Waals surface area contributed by atoms with Gasteiger partial charge in [-0.3, -0.25) is 24.5 Å². The Labute approximate surface area is 560 Å². The van der Waals surface area contributed by atoms with Gasteiger partial charge in [0.1, 0.15) is 30.9 Å². The van der Waals surface area contributed by atoms with Crippen molar-refractivity contribution in [3.05, 3.63) is 178 Å². The number of likely N-dealkylation sites (N-methyl/N-ethyl adjacent to an activating group) is 2. The molecular weight excluding hydrogens is 1270 g/mol. The number of amides is 5. The molecule has 1 aromatic heterocycles. The van der Waals surface area contributed by atoms with E-state index in [9.17, 15) is 54.7 Å². The highest BCUT2D eigenvalue weighted by molar-refractivity contribution is 5.95. The highest BCUT2D eigenvalue weighted by Crippen LogP contribution is 2.48. The van der Waals surface area contributed by atoms with E-state index in [-0.39, 0.29) is 55.6 Å². The number of likely N-dealkylation sites (tertiary alicyclic amines) is 2. The molecule has 2 N–H and O–H groups in total. The van der Waals surface area contributed by atoms with Gasteiger partial charge in [-0.05, 0) is 130 Å². The zero-order valence-corrected chi connectivity index (χ0v) is 54.8. The summed E-state index contributed by atoms with van der Waals surface area (Å²) in [4.78, 5) is 85.8. The third kappa shape index (κ3) is 18.2. The summed E-state index contributed by atoms with van der Waals surface area (Å²) in [6.07, 6.45) is -1.39. The van der Waals surface area contributed by atoms with Gasteiger partial charge in [-0.1, -0.05) is 91.3 Å². The minimum absolute atomic E-state index is 0.0313. The lowest BCUT2D eigenvalue weighted by atomic mass is 9.72. The largest absolute Gasteiger partial charge is 0.446 e. The minimum atomic E-state index is -5.15. The van der Waals surface area contributed by atoms with Crippen molar-refractivity contribution in [2.24, 2.45) is 0 Å². The number of nitrogens with one attached hydrogen (secondary N) is 2. The van der Waals surface area contributed by atoms with Crippen LogP contribution in [0.2, 0.25) is 0 Å². The van der Waals surface area contributed by atoms with E-state index in [2.05, 4.69) is 42.5 Å². The van der Waals surface area contributed by atoms with Crippen molar-refractivity contribution < 1.29 is 68.9 Å². The number of fused-ring (bicyclic) bond motifs is 2. The van der Waals surface area contributed by atoms with E-state index in [0.717, 1.165) is 66.1 Å². The molecule has 0 unspecified atom stereocenters. The second-order valence-electron chi connectivity index (χ2n) is 25.7. The molecule has 1 spiro atoms. The number of hydrogen-bond acceptors (Lipinski definition) is 13. The van der Waals surface area contributed by atoms with Gasteiger partial charge in [0, 0.05) is 109 Å². The van der Waals surface area contributed by atoms with Crippen LogP contribution in [0.5, 0.6) is 0 Å². The number of carbonyl (C=O) groups is 5. The van der Waals surface area contributed by atoms with Crippen LogP contribution in [0.25, 0.3) is 11.1 Å². The van der Waals surface area contributed by atoms with Crippen molar-refractivity contribution in [3.8, 4) is 11.1 Å². The van der Waals surface area contributed by atoms with Crippen molar-refractivity contribution in [3.63, 3.8) is 0 Å². The number of carbonyl (C=O) groups excluding carboxylic acids is 5. The lowest BCUT2D eigenvalue weighted by molar-refractivity contribution is -0.143. The summed E-state index contributed by atoms with van der Waals surface area (Å²) in [5, 5.41) is 6.12. The smallest absolute Gasteiger partial charge is 0.416 e. The average Bonchev–Trinajstić information content (AvgIpc) is 1.61. The number of halogens is 7. The Morgan fingerprint density at radius 1 is 0.680 bits per heavy atom. The highest BCUT2D eigenvalue weighted by Gasteiger charge is 2.50. The maximum Gasteiger partial charge on any atom is 0.416 e. The fraction of sp³-hybridized carbons (Fsp3) is 0.458. The molecule has 5 aromatic carbocycles. The molecule has 4 heterocycles. The number of anilines is 2. The number of benzene rings is 5. The standard InChI is InChI=1S/C72H83F7N10O8/c1-84(32-14-33-86(3)65(92)53-45-81-67(82-46-53)80-31-13-5-8-21-63(90)85(2)39-40-87-34-26-58(27-35-87)97-68(94)83-61-20-12-10-18-59(61)50-15-6-4-7-16-50)64(91)47-95-62-43-51-17-9-11-19-60(51)69(62)28-36-88(37-29-69)38-30-70(54-22-24-57(73)25-23-54)48-89(49-96-70)66(93)52-41-55(71(74,75)76)44-56(42-52)72(77,78)79/h4,6-7,9-12,15-20,22-25,41-42,44-46,58,62H,5,8,13-14,21,26-40,43,47-49H2,1-3H3,(H,83,94)(H,80,81,82)/t62-,70+/m0/s1. The molecule has 0 saturated carbocycles. The molecule has 4 aliphatic rings. The first-order chi connectivity index (χ1) is 46.5. The Morgan fingerprint density at radius 2 is 1.32 bits per heavy atom. The number of ether oxygens (including phenoxy) is 3. The topological polar surface area (TPSA) is 182 Å². The van der Waals surface area contributed by atoms with Crippen LogP contribution >= 0.6 is 0 Å². The zero-order valence-electron chi connectivity index (χ0n) is 54.8. The summed E-state index contributed by atoms with van der Waals surface area (Å²) in [5.41, 5.74) is 0.0140. The van der Waals surface area contributed by atoms with Gasteiger partial charge >= 0.3 is 18.4 Å². The van der Waals surface area contributed by atoms with Gasteiger partial charge in [0.15, 0.2) is 0 Å². The third-order valence-corrected chi connectivity index (χ3v) is 19.2. The predicted molar refractivity (Wildman–Crippen MR) is 351 cm³/mol. The Bertz CT molecular complexity index is 3630. The molecule has 2 atom stereocenters. The fourth-order valence-electron chi connectivity index (χ4n) is 13.5. The molecule has 97 heavy (non-hydrogen) atoms. The van der Waals surface area contributed by atoms with Crippen molar-refractivity contribution in [1.82, 2.24) is 39.4 Å². The molecule has 3 saturated heterocycles. The maximum absolute atomic E-state index is 14.2. The summed E-state index contributed by atoms with van der Waals surface area (Å²) in [5.74, 6) is -1.62. The average molecular weight is 1350 g/mol. The number of hydrogen-bond donors (Lipinski definition) is 2. The molecule has 5 amide bonds. The molecule has 10 rings (SSSR count). The van der Waals surface area contributed by atoms with Crippen LogP contribution in [0.4, 0.5) is 47.2 Å². The lowest BCUT2D eigenvalue weighted by Gasteiger charge is -2.44. The van der Waals surface area contributed by atoms with Crippen LogP contribution in [0.15, 0.2) is 134 Å². The number of nitrogens with zero attached hydrogens (tertiary/aromatic N) is 8. The van der Waals surface area contributed by atoms with Crippen molar-refractivity contribution >= 4 is 41.4 Å². The number of aromatic nitrogens is 2. The summed E-state index contributed by atoms with van der Waals surface area (Å²) >= 11 is 0. The van der Waals surface area contributed by atoms with E-state index in [0.29, 0.717) is 126 Å². The normalized spacial score (nSPS) is 18.2. The van der Waals surface area contributed by atoms with E-state index >= 15 is 0 Å². The zero-order chi connectivity index (χ0) is 68.9. The Hall–Kier alpha value is -8.52. The van der Waals surface area contributed by atoms with E-state index < -0.39 is 64.6 Å². The second kappa shape index (κ2) is 31.8. The Morgan fingerprint density at radius 3 is 2.02 bits per heavy atom. The molecule has 0 bridgehead atoms. The van der Waals surface area contributed by atoms with Crippen LogP contribution in [-0.2, 0) is 53.6 Å². The third-order valence-electron chi connectivity index (χ3n) is 19.2. The Balaban J connectivity index is 0.604. The summed E-state index contributed by atoms with van der Waals surface area (Å²) < 4.78 is 115. The first kappa shape index (κ1) is 71.3. The first-order valence-corrected chi connectivity index (χ1v) is 33.0. The lowest BCUT2D eigenvalue weighted by Crippen LogP contribution is -2.50. The van der Waals surface area contributed by atoms with Crippen LogP contribution in [0.3, 0.4) is 0 Å². The highest BCUT2D eigenvalue weighted by atomic mass is 19.4. The van der Waals surface area contributed by atoms with Crippen molar-refractivity contribution in [2.75, 3.05) is 117 Å². The van der Waals surface area contributed by atoms with Gasteiger partial charge in [-0.15, -0.1) is 0 Å². The van der Waals surface area contributed by atoms with Gasteiger partial charge < -0.3 is 48.9 Å². The van der Waals surface area contributed by atoms with Crippen LogP contribution in [0, 0.1) is 5.82 Å². The van der Waals surface area contributed by atoms with E-state index in [1.54, 1.807) is 28.8 Å². The number of para-hydroxylation sites is 1. The van der Waals surface area contributed by atoms with Gasteiger partial charge in [-0.2, -0.15) is 26.3 Å². The molecule has 3 aliphatic heterocycles. The molecular formula is C72H83F7N10O8. The second-order valence-corrected chi connectivity index (χ2v) is 25.7. The first-order valence-electron chi connectivity index (χ1n) is 33.0. The molecule has 25 heteroatoms. The molecule has 1 aliphatic carbocycles. The van der Waals surface area contributed by atoms with Gasteiger partial charge in [0.05, 0.1) is 35.0 Å². The fourth-order valence-corrected chi connectivity index (χ4v) is 13.5. The van der Waals surface area contributed by atoms with Crippen LogP contribution in [0.1, 0.15) is 113 Å². The minimum Gasteiger partial charge on any atom is -0.446 e. The number of rotatable bonds is 26. The monoisotopic (exact) mass is 1350 g/mol. The summed E-state index contributed by atoms with van der Waals surface area (Å²) in [7, 11) is 5.21. The maximum atomic E-state index is 14.2. The summed E-state index contributed by atoms with van der Waals surface area (Å²) in [6, 6.07) is 31.9. The van der Waals surface area contributed by atoms with Crippen LogP contribution < -0.4 is 10.6 Å². The quantitative estimate of drug-likeness (QED) is 0.0387. The Kier molecular flexibility index (Phi) is 23.3. The molecule has 3 fully saturated rings. The van der Waals surface area contributed by atoms with Crippen molar-refractivity contribution in [2.45, 2.75) is 106 Å². The number of alkyl halides is 6. The number of piperidine rings is 2. The molecule has 518 valence electrons. The molecule has 6 aromatic rings. The molecule has 0 radical (unpaired) electrons. The van der Waals surface area contributed by atoms with Gasteiger partial charge in [-0.25, -0.2) is 19.2 Å². The van der Waals surface area contributed by atoms with Crippen molar-refractivity contribution in [1.29, 1.82) is 0 Å². The van der Waals surface area contributed by atoms with Gasteiger partial charge in [0.25, 0.3) is 11.8 Å². The van der Waals surface area contributed by atoms with E-state index in [1.807, 2.05) is 73.8 Å². The van der Waals surface area contributed by atoms with Gasteiger partial charge in [0.2, 0.25) is 17.8 Å². The predicted octanol–water partition coefficient (Wildman–Crippen LogP) is 11.8. The van der Waals surface area contributed by atoms with E-state index in [1.165, 1.54) is 36.7 Å². The van der Waals surface area contributed by atoms with Crippen LogP contribution in [-0.4, -0.2) is 188 Å². The number of unbranched alkanes of at least 4 members (excludes halogenated alkanes) is 2. The SMILES string of the molecule is CN(CCN1CCC(OC(=O)Nc2ccccc2-c2ccccc2)CC1)C(=O)CCCCCNc1ncc(C(=O)N(C)CCCN(C)C(=O)CO[C@H]2Cc3ccccc3C23CCN(CC[C@]2(c4ccc(F)cc4)CN(C(=O)c4cc(C(F)(F)F)cc(C(F)(F)F)c4)CO2)CC3)cn1.